The molecule has 2 atom stereocenters. The maximum absolute atomic E-state index is 6.34. The Labute approximate surface area is 131 Å². The van der Waals surface area contributed by atoms with Gasteiger partial charge in [0.05, 0.1) is 0 Å². The first kappa shape index (κ1) is 13.6. The van der Waals surface area contributed by atoms with Crippen LogP contribution in [0.1, 0.15) is 19.3 Å². The maximum Gasteiger partial charge on any atom is 0.127 e. The van der Waals surface area contributed by atoms with E-state index in [1.807, 2.05) is 54.6 Å². The summed E-state index contributed by atoms with van der Waals surface area (Å²) in [6.07, 6.45) is 3.57. The molecule has 114 valence electrons. The summed E-state index contributed by atoms with van der Waals surface area (Å²) in [5, 5.41) is 0. The SMILES string of the molecule is c1ccc(Oc2ccc(OC34CCCN(CC3)C4)cc2)cc1. The number of hydrogen-bond donors (Lipinski definition) is 0. The Morgan fingerprint density at radius 1 is 0.773 bits per heavy atom. The van der Waals surface area contributed by atoms with E-state index in [9.17, 15) is 0 Å². The van der Waals surface area contributed by atoms with Gasteiger partial charge in [0.15, 0.2) is 0 Å². The molecular formula is C19H21NO2. The summed E-state index contributed by atoms with van der Waals surface area (Å²) in [7, 11) is 0. The van der Waals surface area contributed by atoms with E-state index in [2.05, 4.69) is 4.90 Å². The van der Waals surface area contributed by atoms with Crippen molar-refractivity contribution in [1.82, 2.24) is 4.90 Å². The Balaban J connectivity index is 1.44. The Bertz CT molecular complexity index is 622. The van der Waals surface area contributed by atoms with Crippen LogP contribution in [0, 0.1) is 0 Å². The first-order valence-electron chi connectivity index (χ1n) is 8.06. The highest BCUT2D eigenvalue weighted by atomic mass is 16.5. The highest BCUT2D eigenvalue weighted by Gasteiger charge is 2.42. The van der Waals surface area contributed by atoms with Crippen LogP contribution in [0.5, 0.6) is 17.2 Å². The molecule has 2 aliphatic heterocycles. The predicted octanol–water partition coefficient (Wildman–Crippen LogP) is 4.10. The van der Waals surface area contributed by atoms with Crippen molar-refractivity contribution in [3.8, 4) is 17.2 Å². The fourth-order valence-corrected chi connectivity index (χ4v) is 3.53. The number of piperidine rings is 1. The second-order valence-corrected chi connectivity index (χ2v) is 6.30. The van der Waals surface area contributed by atoms with E-state index in [0.29, 0.717) is 0 Å². The molecule has 22 heavy (non-hydrogen) atoms. The monoisotopic (exact) mass is 295 g/mol. The Morgan fingerprint density at radius 3 is 2.32 bits per heavy atom. The minimum Gasteiger partial charge on any atom is -0.486 e. The van der Waals surface area contributed by atoms with E-state index >= 15 is 0 Å². The minimum atomic E-state index is 0.0417. The number of ether oxygens (including phenoxy) is 2. The Morgan fingerprint density at radius 2 is 1.50 bits per heavy atom. The van der Waals surface area contributed by atoms with Crippen LogP contribution in [0.2, 0.25) is 0 Å². The summed E-state index contributed by atoms with van der Waals surface area (Å²) in [5.41, 5.74) is 0.0417. The zero-order chi connectivity index (χ0) is 14.8. The fraction of sp³-hybridized carbons (Fsp3) is 0.368. The lowest BCUT2D eigenvalue weighted by atomic mass is 9.94. The number of nitrogens with zero attached hydrogens (tertiary/aromatic N) is 1. The lowest BCUT2D eigenvalue weighted by molar-refractivity contribution is 0.0452. The molecule has 2 aromatic carbocycles. The van der Waals surface area contributed by atoms with Gasteiger partial charge >= 0.3 is 0 Å². The summed E-state index contributed by atoms with van der Waals surface area (Å²) in [5.74, 6) is 2.64. The number of hydrogen-bond acceptors (Lipinski definition) is 3. The molecule has 3 heteroatoms. The van der Waals surface area contributed by atoms with Gasteiger partial charge in [-0.15, -0.1) is 0 Å². The van der Waals surface area contributed by atoms with Gasteiger partial charge in [-0.2, -0.15) is 0 Å². The van der Waals surface area contributed by atoms with Crippen molar-refractivity contribution in [3.63, 3.8) is 0 Å². The standard InChI is InChI=1S/C19H21NO2/c1-2-5-16(6-3-1)21-17-7-9-18(10-8-17)22-19-11-4-13-20(15-19)14-12-19/h1-3,5-10H,4,11-15H2. The molecule has 0 aliphatic carbocycles. The summed E-state index contributed by atoms with van der Waals surface area (Å²) in [6, 6.07) is 17.8. The van der Waals surface area contributed by atoms with Crippen LogP contribution in [0.25, 0.3) is 0 Å². The molecule has 2 aliphatic rings. The highest BCUT2D eigenvalue weighted by molar-refractivity contribution is 5.35. The molecule has 0 amide bonds. The van der Waals surface area contributed by atoms with Crippen LogP contribution >= 0.6 is 0 Å². The number of fused-ring (bicyclic) bond motifs is 2. The fourth-order valence-electron chi connectivity index (χ4n) is 3.53. The van der Waals surface area contributed by atoms with Crippen molar-refractivity contribution in [2.24, 2.45) is 0 Å². The quantitative estimate of drug-likeness (QED) is 0.848. The van der Waals surface area contributed by atoms with Gasteiger partial charge < -0.3 is 9.47 Å². The van der Waals surface area contributed by atoms with Crippen molar-refractivity contribution in [2.45, 2.75) is 24.9 Å². The maximum atomic E-state index is 6.34. The normalized spacial score (nSPS) is 26.6. The average Bonchev–Trinajstić information content (AvgIpc) is 2.84. The summed E-state index contributed by atoms with van der Waals surface area (Å²) in [4.78, 5) is 2.51. The van der Waals surface area contributed by atoms with Crippen molar-refractivity contribution < 1.29 is 9.47 Å². The van der Waals surface area contributed by atoms with E-state index in [-0.39, 0.29) is 5.60 Å². The minimum absolute atomic E-state index is 0.0417. The van der Waals surface area contributed by atoms with Crippen LogP contribution in [-0.2, 0) is 0 Å². The largest absolute Gasteiger partial charge is 0.486 e. The van der Waals surface area contributed by atoms with Crippen molar-refractivity contribution in [3.05, 3.63) is 54.6 Å². The van der Waals surface area contributed by atoms with E-state index in [0.717, 1.165) is 30.2 Å². The smallest absolute Gasteiger partial charge is 0.127 e. The molecule has 0 N–H and O–H groups in total. The summed E-state index contributed by atoms with van der Waals surface area (Å²) < 4.78 is 12.2. The topological polar surface area (TPSA) is 21.7 Å². The van der Waals surface area contributed by atoms with Crippen LogP contribution in [0.3, 0.4) is 0 Å². The predicted molar refractivity (Wildman–Crippen MR) is 86.6 cm³/mol. The second-order valence-electron chi connectivity index (χ2n) is 6.30. The first-order valence-corrected chi connectivity index (χ1v) is 8.06. The zero-order valence-electron chi connectivity index (χ0n) is 12.7. The van der Waals surface area contributed by atoms with Crippen LogP contribution < -0.4 is 9.47 Å². The van der Waals surface area contributed by atoms with Gasteiger partial charge in [-0.3, -0.25) is 4.90 Å². The van der Waals surface area contributed by atoms with Crippen molar-refractivity contribution in [1.29, 1.82) is 0 Å². The van der Waals surface area contributed by atoms with Gasteiger partial charge in [-0.05, 0) is 55.8 Å². The third-order valence-corrected chi connectivity index (χ3v) is 4.64. The third kappa shape index (κ3) is 2.81. The van der Waals surface area contributed by atoms with E-state index in [4.69, 9.17) is 9.47 Å². The van der Waals surface area contributed by atoms with Gasteiger partial charge in [0.25, 0.3) is 0 Å². The molecule has 2 unspecified atom stereocenters. The zero-order valence-corrected chi connectivity index (χ0v) is 12.7. The molecule has 2 fully saturated rings. The molecular weight excluding hydrogens is 274 g/mol. The number of rotatable bonds is 4. The Hall–Kier alpha value is -2.00. The molecule has 2 heterocycles. The molecule has 2 saturated heterocycles. The second kappa shape index (κ2) is 5.65. The molecule has 2 aromatic rings. The van der Waals surface area contributed by atoms with Gasteiger partial charge in [-0.25, -0.2) is 0 Å². The van der Waals surface area contributed by atoms with Gasteiger partial charge in [0, 0.05) is 19.5 Å². The summed E-state index contributed by atoms with van der Waals surface area (Å²) >= 11 is 0. The van der Waals surface area contributed by atoms with Crippen LogP contribution in [0.4, 0.5) is 0 Å². The average molecular weight is 295 g/mol. The molecule has 3 nitrogen and oxygen atoms in total. The van der Waals surface area contributed by atoms with Crippen LogP contribution in [0.15, 0.2) is 54.6 Å². The van der Waals surface area contributed by atoms with E-state index in [1.54, 1.807) is 0 Å². The van der Waals surface area contributed by atoms with Gasteiger partial charge in [-0.1, -0.05) is 18.2 Å². The molecule has 0 radical (unpaired) electrons. The molecule has 0 spiro atoms. The van der Waals surface area contributed by atoms with E-state index < -0.39 is 0 Å². The van der Waals surface area contributed by atoms with Crippen molar-refractivity contribution in [2.75, 3.05) is 19.6 Å². The highest BCUT2D eigenvalue weighted by Crippen LogP contribution is 2.36. The number of benzene rings is 2. The first-order chi connectivity index (χ1) is 10.8. The lowest BCUT2D eigenvalue weighted by Crippen LogP contribution is -2.43. The molecule has 0 aromatic heterocycles. The number of para-hydroxylation sites is 1. The van der Waals surface area contributed by atoms with Gasteiger partial charge in [0.1, 0.15) is 22.8 Å². The molecule has 2 bridgehead atoms. The van der Waals surface area contributed by atoms with Crippen molar-refractivity contribution >= 4 is 0 Å². The molecule has 0 saturated carbocycles. The third-order valence-electron chi connectivity index (χ3n) is 4.64. The van der Waals surface area contributed by atoms with E-state index in [1.165, 1.54) is 25.9 Å². The molecule has 4 rings (SSSR count). The van der Waals surface area contributed by atoms with Gasteiger partial charge in [0.2, 0.25) is 0 Å². The lowest BCUT2D eigenvalue weighted by Gasteiger charge is -2.34. The Kier molecular flexibility index (Phi) is 3.51. The van der Waals surface area contributed by atoms with Crippen LogP contribution in [-0.4, -0.2) is 30.1 Å². The summed E-state index contributed by atoms with van der Waals surface area (Å²) in [6.45, 7) is 3.49.